The Balaban J connectivity index is 1.61. The number of hydrogen-bond donors (Lipinski definition) is 2. The Hall–Kier alpha value is -3.34. The number of nitrogens with one attached hydrogen (secondary N) is 2. The zero-order valence-electron chi connectivity index (χ0n) is 18.6. The van der Waals surface area contributed by atoms with Crippen molar-refractivity contribution in [2.45, 2.75) is 19.4 Å². The van der Waals surface area contributed by atoms with Crippen LogP contribution in [0.25, 0.3) is 10.9 Å². The third kappa shape index (κ3) is 5.09. The van der Waals surface area contributed by atoms with Gasteiger partial charge in [-0.2, -0.15) is 0 Å². The summed E-state index contributed by atoms with van der Waals surface area (Å²) >= 11 is 9.63. The Kier molecular flexibility index (Phi) is 7.20. The number of aromatic nitrogens is 2. The van der Waals surface area contributed by atoms with Gasteiger partial charge >= 0.3 is 0 Å². The van der Waals surface area contributed by atoms with Gasteiger partial charge in [-0.3, -0.25) is 4.79 Å². The number of nitrogens with zero attached hydrogens (tertiary/aromatic N) is 3. The van der Waals surface area contributed by atoms with Gasteiger partial charge in [-0.15, -0.1) is 12.3 Å². The van der Waals surface area contributed by atoms with Gasteiger partial charge in [0.25, 0.3) is 5.91 Å². The quantitative estimate of drug-likeness (QED) is 0.295. The molecule has 0 saturated heterocycles. The van der Waals surface area contributed by atoms with Crippen molar-refractivity contribution in [2.75, 3.05) is 23.7 Å². The summed E-state index contributed by atoms with van der Waals surface area (Å²) in [5.74, 6) is 3.25. The van der Waals surface area contributed by atoms with Gasteiger partial charge in [0.15, 0.2) is 0 Å². The van der Waals surface area contributed by atoms with Gasteiger partial charge in [-0.25, -0.2) is 9.97 Å². The highest BCUT2D eigenvalue weighted by Gasteiger charge is 2.21. The summed E-state index contributed by atoms with van der Waals surface area (Å²) < 4.78 is 0.678. The highest BCUT2D eigenvalue weighted by Crippen LogP contribution is 2.30. The lowest BCUT2D eigenvalue weighted by Gasteiger charge is -2.23. The number of terminal acetylenes is 1. The van der Waals surface area contributed by atoms with E-state index < -0.39 is 0 Å². The molecule has 34 heavy (non-hydrogen) atoms. The molecule has 1 aromatic heterocycles. The van der Waals surface area contributed by atoms with E-state index in [2.05, 4.69) is 49.0 Å². The SMILES string of the molecule is C#CC[C@H](Nc1ncnc2cc(C(=O)N3CC=CC3)c(Br)cc12)C(=C)Nc1ccc(Cl)cc1C. The Morgan fingerprint density at radius 3 is 2.76 bits per heavy atom. The van der Waals surface area contributed by atoms with Crippen molar-refractivity contribution in [3.63, 3.8) is 0 Å². The molecule has 1 atom stereocenters. The lowest BCUT2D eigenvalue weighted by atomic mass is 10.1. The molecular weight excluding hydrogens is 514 g/mol. The number of benzene rings is 2. The Morgan fingerprint density at radius 2 is 2.06 bits per heavy atom. The van der Waals surface area contributed by atoms with Crippen LogP contribution in [0.5, 0.6) is 0 Å². The van der Waals surface area contributed by atoms with Gasteiger partial charge in [-0.05, 0) is 58.7 Å². The smallest absolute Gasteiger partial charge is 0.255 e. The van der Waals surface area contributed by atoms with E-state index in [-0.39, 0.29) is 11.9 Å². The molecule has 2 N–H and O–H groups in total. The summed E-state index contributed by atoms with van der Waals surface area (Å²) in [7, 11) is 0. The van der Waals surface area contributed by atoms with Crippen molar-refractivity contribution in [1.29, 1.82) is 0 Å². The minimum absolute atomic E-state index is 0.0481. The molecule has 1 amide bonds. The Labute approximate surface area is 212 Å². The molecule has 0 saturated carbocycles. The van der Waals surface area contributed by atoms with Crippen molar-refractivity contribution in [3.05, 3.63) is 81.7 Å². The van der Waals surface area contributed by atoms with Crippen molar-refractivity contribution in [3.8, 4) is 12.3 Å². The van der Waals surface area contributed by atoms with Crippen LogP contribution in [0.4, 0.5) is 11.5 Å². The zero-order valence-corrected chi connectivity index (χ0v) is 20.9. The molecule has 0 unspecified atom stereocenters. The maximum atomic E-state index is 12.9. The molecule has 0 fully saturated rings. The third-order valence-corrected chi connectivity index (χ3v) is 6.49. The Bertz CT molecular complexity index is 1340. The summed E-state index contributed by atoms with van der Waals surface area (Å²) in [5.41, 5.74) is 3.80. The van der Waals surface area contributed by atoms with Crippen LogP contribution in [0.1, 0.15) is 22.3 Å². The van der Waals surface area contributed by atoms with Crippen LogP contribution in [-0.4, -0.2) is 39.9 Å². The third-order valence-electron chi connectivity index (χ3n) is 5.60. The second-order valence-corrected chi connectivity index (χ2v) is 9.26. The minimum atomic E-state index is -0.297. The summed E-state index contributed by atoms with van der Waals surface area (Å²) in [6, 6.07) is 8.96. The molecule has 6 nitrogen and oxygen atoms in total. The summed E-state index contributed by atoms with van der Waals surface area (Å²) in [4.78, 5) is 23.5. The Morgan fingerprint density at radius 1 is 1.29 bits per heavy atom. The van der Waals surface area contributed by atoms with E-state index in [4.69, 9.17) is 18.0 Å². The van der Waals surface area contributed by atoms with Crippen LogP contribution in [0.2, 0.25) is 5.02 Å². The maximum Gasteiger partial charge on any atom is 0.255 e. The number of hydrogen-bond acceptors (Lipinski definition) is 5. The standard InChI is InChI=1S/C26H23BrClN5O/c1-4-7-23(17(3)31-22-9-8-18(28)12-16(22)2)32-25-20-13-21(27)19(14-24(20)29-15-30-25)26(34)33-10-5-6-11-33/h1,5-6,8-9,12-15,23,31H,3,7,10-11H2,2H3,(H,29,30,32)/t23-/m0/s1. The van der Waals surface area contributed by atoms with Gasteiger partial charge in [0.1, 0.15) is 12.1 Å². The minimum Gasteiger partial charge on any atom is -0.360 e. The average Bonchev–Trinajstić information content (AvgIpc) is 3.35. The predicted octanol–water partition coefficient (Wildman–Crippen LogP) is 5.80. The van der Waals surface area contributed by atoms with Crippen molar-refractivity contribution >= 4 is 55.8 Å². The molecule has 0 spiro atoms. The van der Waals surface area contributed by atoms with Crippen molar-refractivity contribution in [2.24, 2.45) is 0 Å². The number of amides is 1. The van der Waals surface area contributed by atoms with Gasteiger partial charge in [0, 0.05) is 45.8 Å². The molecular formula is C26H23BrClN5O. The monoisotopic (exact) mass is 535 g/mol. The van der Waals surface area contributed by atoms with E-state index in [9.17, 15) is 4.79 Å². The van der Waals surface area contributed by atoms with Crippen LogP contribution >= 0.6 is 27.5 Å². The number of aryl methyl sites for hydroxylation is 1. The van der Waals surface area contributed by atoms with Gasteiger partial charge in [0.2, 0.25) is 0 Å². The van der Waals surface area contributed by atoms with Gasteiger partial charge in [-0.1, -0.05) is 30.3 Å². The molecule has 2 heterocycles. The number of anilines is 2. The highest BCUT2D eigenvalue weighted by atomic mass is 79.9. The van der Waals surface area contributed by atoms with Gasteiger partial charge < -0.3 is 15.5 Å². The molecule has 3 aromatic rings. The molecule has 0 aliphatic carbocycles. The number of fused-ring (bicyclic) bond motifs is 1. The normalized spacial score (nSPS) is 13.5. The molecule has 4 rings (SSSR count). The van der Waals surface area contributed by atoms with Crippen molar-refractivity contribution in [1.82, 2.24) is 14.9 Å². The number of rotatable bonds is 7. The topological polar surface area (TPSA) is 70.2 Å². The fourth-order valence-corrected chi connectivity index (χ4v) is 4.48. The second kappa shape index (κ2) is 10.3. The molecule has 2 aromatic carbocycles. The summed E-state index contributed by atoms with van der Waals surface area (Å²) in [6.07, 6.45) is 11.5. The van der Waals surface area contributed by atoms with E-state index in [0.717, 1.165) is 16.6 Å². The van der Waals surface area contributed by atoms with E-state index in [1.807, 2.05) is 43.3 Å². The number of halogens is 2. The fourth-order valence-electron chi connectivity index (χ4n) is 3.74. The number of carbonyl (C=O) groups excluding carboxylic acids is 1. The highest BCUT2D eigenvalue weighted by molar-refractivity contribution is 9.10. The summed E-state index contributed by atoms with van der Waals surface area (Å²) in [6.45, 7) is 7.38. The molecule has 1 aliphatic rings. The van der Waals surface area contributed by atoms with Crippen LogP contribution in [-0.2, 0) is 0 Å². The predicted molar refractivity (Wildman–Crippen MR) is 142 cm³/mol. The van der Waals surface area contributed by atoms with Crippen LogP contribution in [0.15, 0.2) is 65.6 Å². The van der Waals surface area contributed by atoms with E-state index in [0.29, 0.717) is 51.6 Å². The summed E-state index contributed by atoms with van der Waals surface area (Å²) in [5, 5.41) is 8.17. The zero-order chi connectivity index (χ0) is 24.2. The fraction of sp³-hybridized carbons (Fsp3) is 0.192. The average molecular weight is 537 g/mol. The first-order valence-corrected chi connectivity index (χ1v) is 11.8. The first kappa shape index (κ1) is 23.8. The lowest BCUT2D eigenvalue weighted by Crippen LogP contribution is -2.28. The van der Waals surface area contributed by atoms with Crippen molar-refractivity contribution < 1.29 is 4.79 Å². The molecule has 172 valence electrons. The maximum absolute atomic E-state index is 12.9. The van der Waals surface area contributed by atoms with Crippen LogP contribution in [0.3, 0.4) is 0 Å². The largest absolute Gasteiger partial charge is 0.360 e. The van der Waals surface area contributed by atoms with Crippen LogP contribution in [0, 0.1) is 19.3 Å². The molecule has 0 radical (unpaired) electrons. The molecule has 8 heteroatoms. The molecule has 1 aliphatic heterocycles. The number of carbonyl (C=O) groups is 1. The van der Waals surface area contributed by atoms with E-state index in [1.165, 1.54) is 6.33 Å². The van der Waals surface area contributed by atoms with Gasteiger partial charge in [0.05, 0.1) is 17.1 Å². The first-order chi connectivity index (χ1) is 16.4. The van der Waals surface area contributed by atoms with E-state index >= 15 is 0 Å². The van der Waals surface area contributed by atoms with E-state index in [1.54, 1.807) is 11.0 Å². The van der Waals surface area contributed by atoms with Crippen LogP contribution < -0.4 is 10.6 Å². The molecule has 0 bridgehead atoms. The second-order valence-electron chi connectivity index (χ2n) is 7.97. The first-order valence-electron chi connectivity index (χ1n) is 10.7. The lowest BCUT2D eigenvalue weighted by molar-refractivity contribution is 0.0799.